The zero-order valence-corrected chi connectivity index (χ0v) is 25.4. The van der Waals surface area contributed by atoms with E-state index in [9.17, 15) is 54.3 Å². The fourth-order valence-electron chi connectivity index (χ4n) is 7.89. The number of allylic oxidation sites excluding steroid dienone is 2. The van der Waals surface area contributed by atoms with Crippen molar-refractivity contribution in [2.24, 2.45) is 29.6 Å². The van der Waals surface area contributed by atoms with Crippen LogP contribution in [0.5, 0.6) is 17.2 Å². The van der Waals surface area contributed by atoms with Gasteiger partial charge in [0, 0.05) is 23.1 Å². The minimum absolute atomic E-state index is 0.000195. The average Bonchev–Trinajstić information content (AvgIpc) is 3.43. The maximum absolute atomic E-state index is 14.2. The minimum atomic E-state index is -1.41. The fraction of sp³-hybridized carbons (Fsp3) is 0.235. The monoisotopic (exact) mass is 672 g/mol. The van der Waals surface area contributed by atoms with Crippen LogP contribution in [0, 0.1) is 29.6 Å². The van der Waals surface area contributed by atoms with Crippen molar-refractivity contribution in [2.45, 2.75) is 18.8 Å². The number of phenols is 3. The molecule has 2 aliphatic carbocycles. The second kappa shape index (κ2) is 10.9. The molecule has 2 heterocycles. The largest absolute Gasteiger partial charge is 0.508 e. The first-order valence-electron chi connectivity index (χ1n) is 14.9. The highest BCUT2D eigenvalue weighted by molar-refractivity contribution is 6.32. The topological polar surface area (TPSA) is 210 Å². The van der Waals surface area contributed by atoms with Gasteiger partial charge in [0.15, 0.2) is 0 Å². The van der Waals surface area contributed by atoms with Crippen molar-refractivity contribution in [3.63, 3.8) is 0 Å². The molecule has 6 atom stereocenters. The lowest BCUT2D eigenvalue weighted by Crippen LogP contribution is -2.43. The van der Waals surface area contributed by atoms with Crippen LogP contribution in [0.1, 0.15) is 45.0 Å². The van der Waals surface area contributed by atoms with Gasteiger partial charge in [0.05, 0.1) is 35.0 Å². The van der Waals surface area contributed by atoms with Gasteiger partial charge in [-0.15, -0.1) is 0 Å². The van der Waals surface area contributed by atoms with Gasteiger partial charge in [-0.05, 0) is 60.7 Å². The number of aromatic carboxylic acids is 2. The third-order valence-corrected chi connectivity index (χ3v) is 10.2. The van der Waals surface area contributed by atoms with Gasteiger partial charge in [0.2, 0.25) is 23.6 Å². The molecular weight excluding hydrogens is 648 g/mol. The maximum Gasteiger partial charge on any atom is 0.339 e. The van der Waals surface area contributed by atoms with Crippen molar-refractivity contribution in [3.8, 4) is 17.2 Å². The quantitative estimate of drug-likeness (QED) is 0.194. The number of carboxylic acid groups (broad SMARTS) is 2. The number of hydrogen-bond acceptors (Lipinski definition) is 9. The van der Waals surface area contributed by atoms with Crippen molar-refractivity contribution < 1.29 is 54.3 Å². The first-order chi connectivity index (χ1) is 22.8. The number of aromatic hydroxyl groups is 3. The number of carbonyl (C=O) groups is 6. The Labute approximate surface area is 275 Å². The summed E-state index contributed by atoms with van der Waals surface area (Å²) in [6.45, 7) is 0. The van der Waals surface area contributed by atoms with E-state index in [0.29, 0.717) is 11.1 Å². The van der Waals surface area contributed by atoms with Crippen molar-refractivity contribution in [1.82, 2.24) is 0 Å². The maximum atomic E-state index is 14.2. The highest BCUT2D eigenvalue weighted by atomic mass is 35.5. The van der Waals surface area contributed by atoms with Gasteiger partial charge in [0.1, 0.15) is 28.4 Å². The molecule has 7 rings (SSSR count). The minimum Gasteiger partial charge on any atom is -0.508 e. The molecule has 1 saturated carbocycles. The Morgan fingerprint density at radius 2 is 1.21 bits per heavy atom. The number of fused-ring (bicyclic) bond motifs is 4. The Morgan fingerprint density at radius 3 is 1.73 bits per heavy atom. The SMILES string of the molecule is O=C(O)c1ccc(N2C(=O)[C@H]3[C@H](CC=C4[C@H]3C[C@H]3C(=O)N(c5ccc(C(=O)O)c(O)c5)C(=O)[C@H]3[C@H]4c3ccc(O)cc3Cl)C2=O)cc1O. The highest BCUT2D eigenvalue weighted by Crippen LogP contribution is 2.59. The lowest BCUT2D eigenvalue weighted by atomic mass is 9.57. The van der Waals surface area contributed by atoms with Crippen molar-refractivity contribution >= 4 is 58.5 Å². The van der Waals surface area contributed by atoms with Gasteiger partial charge in [-0.25, -0.2) is 19.4 Å². The summed E-state index contributed by atoms with van der Waals surface area (Å²) in [5.74, 6) is -12.1. The van der Waals surface area contributed by atoms with Crippen LogP contribution in [-0.4, -0.2) is 61.1 Å². The molecular formula is C34H25ClN2O11. The number of anilines is 2. The Morgan fingerprint density at radius 1 is 0.667 bits per heavy atom. The molecule has 3 aromatic carbocycles. The number of imide groups is 2. The molecule has 0 radical (unpaired) electrons. The summed E-state index contributed by atoms with van der Waals surface area (Å²) in [7, 11) is 0. The van der Waals surface area contributed by atoms with E-state index >= 15 is 0 Å². The normalized spacial score (nSPS) is 26.2. The number of amides is 4. The van der Waals surface area contributed by atoms with Crippen LogP contribution >= 0.6 is 11.6 Å². The first-order valence-corrected chi connectivity index (χ1v) is 15.2. The Balaban J connectivity index is 1.32. The molecule has 0 bridgehead atoms. The molecule has 48 heavy (non-hydrogen) atoms. The van der Waals surface area contributed by atoms with E-state index in [4.69, 9.17) is 11.6 Å². The molecule has 5 N–H and O–H groups in total. The van der Waals surface area contributed by atoms with Gasteiger partial charge in [-0.1, -0.05) is 29.3 Å². The van der Waals surface area contributed by atoms with Crippen LogP contribution in [-0.2, 0) is 19.2 Å². The zero-order chi connectivity index (χ0) is 34.3. The summed E-state index contributed by atoms with van der Waals surface area (Å²) < 4.78 is 0. The van der Waals surface area contributed by atoms with Crippen LogP contribution in [0.25, 0.3) is 0 Å². The van der Waals surface area contributed by atoms with Crippen molar-refractivity contribution in [1.29, 1.82) is 0 Å². The summed E-state index contributed by atoms with van der Waals surface area (Å²) in [6.07, 6.45) is 1.89. The third kappa shape index (κ3) is 4.45. The van der Waals surface area contributed by atoms with Crippen LogP contribution < -0.4 is 9.80 Å². The van der Waals surface area contributed by atoms with Crippen molar-refractivity contribution in [2.75, 3.05) is 9.80 Å². The first kappa shape index (κ1) is 30.9. The lowest BCUT2D eigenvalue weighted by molar-refractivity contribution is -0.126. The molecule has 14 heteroatoms. The van der Waals surface area contributed by atoms with Crippen LogP contribution in [0.15, 0.2) is 66.2 Å². The molecule has 0 spiro atoms. The number of halogens is 1. The summed E-state index contributed by atoms with van der Waals surface area (Å²) >= 11 is 6.63. The zero-order valence-electron chi connectivity index (χ0n) is 24.6. The molecule has 2 saturated heterocycles. The molecule has 244 valence electrons. The average molecular weight is 673 g/mol. The predicted molar refractivity (Wildman–Crippen MR) is 166 cm³/mol. The standard InChI is InChI=1S/C34H25ClN2O11/c35-23-11-15(38)3-6-17(23)26-16-7-8-20-27(31(43)36(29(20)41)13-1-4-18(33(45)46)24(39)9-13)21(16)12-22-28(26)32(44)37(30(22)42)14-2-5-19(34(47)48)25(40)10-14/h1-7,9-11,20-22,26-28,38-40H,8,12H2,(H,45,46)(H,47,48)/t20-,21+,22+,26+,27-,28+/m0/s1. The van der Waals surface area contributed by atoms with Gasteiger partial charge in [-0.3, -0.25) is 19.2 Å². The summed E-state index contributed by atoms with van der Waals surface area (Å²) in [5.41, 5.74) is 0.128. The van der Waals surface area contributed by atoms with E-state index in [1.807, 2.05) is 0 Å². The van der Waals surface area contributed by atoms with E-state index in [0.717, 1.165) is 34.1 Å². The third-order valence-electron chi connectivity index (χ3n) is 9.91. The van der Waals surface area contributed by atoms with Crippen LogP contribution in [0.2, 0.25) is 5.02 Å². The Bertz CT molecular complexity index is 2040. The second-order valence-electron chi connectivity index (χ2n) is 12.3. The molecule has 0 unspecified atom stereocenters. The molecule has 4 aliphatic rings. The summed E-state index contributed by atoms with van der Waals surface area (Å²) in [6, 6.07) is 10.9. The summed E-state index contributed by atoms with van der Waals surface area (Å²) in [5, 5.41) is 49.5. The van der Waals surface area contributed by atoms with E-state index in [-0.39, 0.29) is 35.0 Å². The number of nitrogens with zero attached hydrogens (tertiary/aromatic N) is 2. The number of rotatable bonds is 5. The smallest absolute Gasteiger partial charge is 0.339 e. The highest BCUT2D eigenvalue weighted by Gasteiger charge is 2.62. The van der Waals surface area contributed by atoms with Gasteiger partial charge in [-0.2, -0.15) is 0 Å². The number of carbonyl (C=O) groups excluding carboxylic acids is 4. The number of hydrogen-bond donors (Lipinski definition) is 5. The fourth-order valence-corrected chi connectivity index (χ4v) is 8.19. The molecule has 3 aromatic rings. The molecule has 3 fully saturated rings. The van der Waals surface area contributed by atoms with Gasteiger partial charge < -0.3 is 25.5 Å². The van der Waals surface area contributed by atoms with E-state index in [2.05, 4.69) is 0 Å². The van der Waals surface area contributed by atoms with Gasteiger partial charge in [0.25, 0.3) is 0 Å². The lowest BCUT2D eigenvalue weighted by Gasteiger charge is -2.44. The second-order valence-corrected chi connectivity index (χ2v) is 12.7. The Kier molecular flexibility index (Phi) is 7.05. The van der Waals surface area contributed by atoms with E-state index in [1.165, 1.54) is 30.3 Å². The van der Waals surface area contributed by atoms with Crippen molar-refractivity contribution in [3.05, 3.63) is 88.0 Å². The van der Waals surface area contributed by atoms with Crippen LogP contribution in [0.3, 0.4) is 0 Å². The molecule has 2 aliphatic heterocycles. The summed E-state index contributed by atoms with van der Waals surface area (Å²) in [4.78, 5) is 80.8. The molecule has 13 nitrogen and oxygen atoms in total. The molecule has 4 amide bonds. The Hall–Kier alpha value is -5.69. The number of phenolic OH excluding ortho intramolecular Hbond substituents is 1. The molecule has 0 aromatic heterocycles. The van der Waals surface area contributed by atoms with E-state index < -0.39 is 93.7 Å². The van der Waals surface area contributed by atoms with E-state index in [1.54, 1.807) is 6.08 Å². The van der Waals surface area contributed by atoms with Crippen LogP contribution in [0.4, 0.5) is 11.4 Å². The van der Waals surface area contributed by atoms with Gasteiger partial charge >= 0.3 is 11.9 Å². The number of benzene rings is 3. The number of carboxylic acids is 2. The predicted octanol–water partition coefficient (Wildman–Crippen LogP) is 3.90.